The van der Waals surface area contributed by atoms with Crippen molar-refractivity contribution < 1.29 is 4.79 Å². The van der Waals surface area contributed by atoms with Gasteiger partial charge in [0.2, 0.25) is 5.01 Å². The van der Waals surface area contributed by atoms with Crippen LogP contribution in [-0.2, 0) is 0 Å². The van der Waals surface area contributed by atoms with Gasteiger partial charge in [0.1, 0.15) is 5.82 Å². The number of carbonyl (C=O) groups excluding carboxylic acids is 1. The zero-order valence-corrected chi connectivity index (χ0v) is 10.3. The third kappa shape index (κ3) is 3.01. The Morgan fingerprint density at radius 3 is 2.56 bits per heavy atom. The Morgan fingerprint density at radius 2 is 2.00 bits per heavy atom. The van der Waals surface area contributed by atoms with E-state index in [4.69, 9.17) is 0 Å². The number of amides is 1. The van der Waals surface area contributed by atoms with Gasteiger partial charge in [-0.2, -0.15) is 4.37 Å². The first-order chi connectivity index (χ1) is 7.75. The molecule has 1 saturated carbocycles. The summed E-state index contributed by atoms with van der Waals surface area (Å²) in [5.74, 6) is 0.619. The highest BCUT2D eigenvalue weighted by molar-refractivity contribution is 7.07. The first-order valence-electron chi connectivity index (χ1n) is 5.87. The van der Waals surface area contributed by atoms with Gasteiger partial charge in [-0.3, -0.25) is 4.79 Å². The number of nitrogens with zero attached hydrogens (tertiary/aromatic N) is 2. The maximum atomic E-state index is 11.8. The predicted octanol–water partition coefficient (Wildman–Crippen LogP) is 2.30. The molecule has 88 valence electrons. The lowest BCUT2D eigenvalue weighted by atomic mass is 10.1. The number of aryl methyl sites for hydroxylation is 1. The standard InChI is InChI=1S/C11H17N3OS/c1-8-12-11(16-14-8)10(15)13-9-6-4-2-3-5-7-9/h9H,2-7H2,1H3,(H,13,15). The Kier molecular flexibility index (Phi) is 3.88. The second-order valence-corrected chi connectivity index (χ2v) is 5.06. The van der Waals surface area contributed by atoms with Gasteiger partial charge in [0, 0.05) is 6.04 Å². The van der Waals surface area contributed by atoms with E-state index >= 15 is 0 Å². The van der Waals surface area contributed by atoms with Crippen molar-refractivity contribution in [3.8, 4) is 0 Å². The highest BCUT2D eigenvalue weighted by Crippen LogP contribution is 2.17. The van der Waals surface area contributed by atoms with E-state index in [2.05, 4.69) is 14.7 Å². The molecule has 1 N–H and O–H groups in total. The first kappa shape index (κ1) is 11.5. The van der Waals surface area contributed by atoms with E-state index in [1.54, 1.807) is 6.92 Å². The Labute approximate surface area is 99.6 Å². The van der Waals surface area contributed by atoms with Crippen molar-refractivity contribution in [2.24, 2.45) is 0 Å². The summed E-state index contributed by atoms with van der Waals surface area (Å²) < 4.78 is 4.02. The van der Waals surface area contributed by atoms with Gasteiger partial charge in [-0.1, -0.05) is 25.7 Å². The average molecular weight is 239 g/mol. The summed E-state index contributed by atoms with van der Waals surface area (Å²) in [6.07, 6.45) is 7.24. The van der Waals surface area contributed by atoms with Crippen LogP contribution < -0.4 is 5.32 Å². The summed E-state index contributed by atoms with van der Waals surface area (Å²) in [5, 5.41) is 3.55. The molecule has 0 atom stereocenters. The van der Waals surface area contributed by atoms with Gasteiger partial charge in [-0.25, -0.2) is 4.98 Å². The topological polar surface area (TPSA) is 54.9 Å². The minimum atomic E-state index is -0.0579. The third-order valence-electron chi connectivity index (χ3n) is 2.91. The molecular formula is C11H17N3OS. The molecule has 0 aliphatic heterocycles. The number of rotatable bonds is 2. The fraction of sp³-hybridized carbons (Fsp3) is 0.727. The van der Waals surface area contributed by atoms with Crippen molar-refractivity contribution in [2.45, 2.75) is 51.5 Å². The summed E-state index contributed by atoms with van der Waals surface area (Å²) in [6, 6.07) is 0.333. The van der Waals surface area contributed by atoms with E-state index in [0.717, 1.165) is 12.8 Å². The number of hydrogen-bond acceptors (Lipinski definition) is 4. The average Bonchev–Trinajstić information content (AvgIpc) is 2.54. The van der Waals surface area contributed by atoms with E-state index in [-0.39, 0.29) is 5.91 Å². The van der Waals surface area contributed by atoms with E-state index in [0.29, 0.717) is 16.9 Å². The number of hydrogen-bond donors (Lipinski definition) is 1. The van der Waals surface area contributed by atoms with Crippen molar-refractivity contribution in [3.63, 3.8) is 0 Å². The molecule has 0 saturated heterocycles. The molecular weight excluding hydrogens is 222 g/mol. The van der Waals surface area contributed by atoms with Crippen molar-refractivity contribution in [1.82, 2.24) is 14.7 Å². The number of nitrogens with one attached hydrogen (secondary N) is 1. The van der Waals surface area contributed by atoms with Gasteiger partial charge >= 0.3 is 0 Å². The largest absolute Gasteiger partial charge is 0.347 e. The Balaban J connectivity index is 1.90. The van der Waals surface area contributed by atoms with Crippen LogP contribution in [0.4, 0.5) is 0 Å². The molecule has 0 aromatic carbocycles. The molecule has 1 aromatic rings. The highest BCUT2D eigenvalue weighted by Gasteiger charge is 2.17. The van der Waals surface area contributed by atoms with Crippen LogP contribution in [0.1, 0.15) is 54.2 Å². The van der Waals surface area contributed by atoms with Crippen LogP contribution in [0.15, 0.2) is 0 Å². The Morgan fingerprint density at radius 1 is 1.31 bits per heavy atom. The number of aromatic nitrogens is 2. The molecule has 0 bridgehead atoms. The molecule has 1 heterocycles. The third-order valence-corrected chi connectivity index (χ3v) is 3.72. The molecule has 2 rings (SSSR count). The first-order valence-corrected chi connectivity index (χ1v) is 6.64. The smallest absolute Gasteiger partial charge is 0.282 e. The molecule has 4 nitrogen and oxygen atoms in total. The highest BCUT2D eigenvalue weighted by atomic mass is 32.1. The predicted molar refractivity (Wildman–Crippen MR) is 63.6 cm³/mol. The molecule has 1 fully saturated rings. The van der Waals surface area contributed by atoms with E-state index in [1.807, 2.05) is 0 Å². The van der Waals surface area contributed by atoms with Gasteiger partial charge in [-0.05, 0) is 31.3 Å². The second kappa shape index (κ2) is 5.39. The van der Waals surface area contributed by atoms with E-state index in [1.165, 1.54) is 37.2 Å². The zero-order valence-electron chi connectivity index (χ0n) is 9.53. The monoisotopic (exact) mass is 239 g/mol. The maximum absolute atomic E-state index is 11.8. The van der Waals surface area contributed by atoms with E-state index in [9.17, 15) is 4.79 Å². The zero-order chi connectivity index (χ0) is 11.4. The second-order valence-electron chi connectivity index (χ2n) is 4.31. The summed E-state index contributed by atoms with van der Waals surface area (Å²) in [5.41, 5.74) is 0. The summed E-state index contributed by atoms with van der Waals surface area (Å²) >= 11 is 1.18. The minimum Gasteiger partial charge on any atom is -0.347 e. The lowest BCUT2D eigenvalue weighted by Crippen LogP contribution is -2.34. The van der Waals surface area contributed by atoms with Crippen LogP contribution >= 0.6 is 11.5 Å². The lowest BCUT2D eigenvalue weighted by molar-refractivity contribution is 0.0933. The van der Waals surface area contributed by atoms with Crippen molar-refractivity contribution in [1.29, 1.82) is 0 Å². The molecule has 0 radical (unpaired) electrons. The molecule has 1 aliphatic rings. The Hall–Kier alpha value is -0.970. The van der Waals surface area contributed by atoms with Crippen LogP contribution in [0.5, 0.6) is 0 Å². The van der Waals surface area contributed by atoms with Crippen molar-refractivity contribution >= 4 is 17.4 Å². The molecule has 0 spiro atoms. The molecule has 1 amide bonds. The maximum Gasteiger partial charge on any atom is 0.282 e. The van der Waals surface area contributed by atoms with Crippen LogP contribution in [0.25, 0.3) is 0 Å². The van der Waals surface area contributed by atoms with Gasteiger partial charge in [0.15, 0.2) is 0 Å². The van der Waals surface area contributed by atoms with Gasteiger partial charge < -0.3 is 5.32 Å². The van der Waals surface area contributed by atoms with Crippen LogP contribution in [0.2, 0.25) is 0 Å². The normalized spacial score (nSPS) is 18.1. The Bertz CT molecular complexity index is 356. The summed E-state index contributed by atoms with van der Waals surface area (Å²) in [6.45, 7) is 1.80. The SMILES string of the molecule is Cc1nsc(C(=O)NC2CCCCCC2)n1. The minimum absolute atomic E-state index is 0.0579. The fourth-order valence-corrected chi connectivity index (χ4v) is 2.63. The molecule has 1 aliphatic carbocycles. The van der Waals surface area contributed by atoms with Crippen molar-refractivity contribution in [2.75, 3.05) is 0 Å². The van der Waals surface area contributed by atoms with E-state index < -0.39 is 0 Å². The number of carbonyl (C=O) groups is 1. The fourth-order valence-electron chi connectivity index (χ4n) is 2.06. The van der Waals surface area contributed by atoms with Gasteiger partial charge in [0.25, 0.3) is 5.91 Å². The molecule has 16 heavy (non-hydrogen) atoms. The van der Waals surface area contributed by atoms with Crippen LogP contribution in [0.3, 0.4) is 0 Å². The van der Waals surface area contributed by atoms with Crippen LogP contribution in [-0.4, -0.2) is 21.3 Å². The molecule has 1 aromatic heterocycles. The van der Waals surface area contributed by atoms with Gasteiger partial charge in [0.05, 0.1) is 0 Å². The molecule has 0 unspecified atom stereocenters. The summed E-state index contributed by atoms with van der Waals surface area (Å²) in [4.78, 5) is 15.9. The summed E-state index contributed by atoms with van der Waals surface area (Å²) in [7, 11) is 0. The van der Waals surface area contributed by atoms with Crippen molar-refractivity contribution in [3.05, 3.63) is 10.8 Å². The van der Waals surface area contributed by atoms with Crippen LogP contribution in [0, 0.1) is 6.92 Å². The quantitative estimate of drug-likeness (QED) is 0.806. The molecule has 5 heteroatoms. The van der Waals surface area contributed by atoms with Gasteiger partial charge in [-0.15, -0.1) is 0 Å². The lowest BCUT2D eigenvalue weighted by Gasteiger charge is -2.14.